The first-order chi connectivity index (χ1) is 16.8. The SMILES string of the molecule is Cc1ncc(Cl)cc1N[C@@H](C)c1ccc(C(=O)N[C@@H](CC2CCCC2)C(=O)NC2CC(C#N)C2)s1. The minimum Gasteiger partial charge on any atom is -0.376 e. The normalized spacial score (nSPS) is 21.4. The quantitative estimate of drug-likeness (QED) is 0.417. The summed E-state index contributed by atoms with van der Waals surface area (Å²) in [6, 6.07) is 7.26. The van der Waals surface area contributed by atoms with Crippen LogP contribution in [-0.2, 0) is 4.79 Å². The second-order valence-electron chi connectivity index (χ2n) is 9.77. The Hall–Kier alpha value is -2.63. The van der Waals surface area contributed by atoms with Crippen molar-refractivity contribution in [1.82, 2.24) is 15.6 Å². The minimum atomic E-state index is -0.562. The summed E-state index contributed by atoms with van der Waals surface area (Å²) in [7, 11) is 0. The number of halogens is 1. The smallest absolute Gasteiger partial charge is 0.262 e. The topological polar surface area (TPSA) is 107 Å². The Bertz CT molecular complexity index is 1100. The van der Waals surface area contributed by atoms with Crippen molar-refractivity contribution in [2.45, 2.75) is 76.9 Å². The van der Waals surface area contributed by atoms with Crippen LogP contribution in [0.5, 0.6) is 0 Å². The van der Waals surface area contributed by atoms with Crippen LogP contribution in [0.25, 0.3) is 0 Å². The monoisotopic (exact) mass is 513 g/mol. The Labute approximate surface area is 215 Å². The van der Waals surface area contributed by atoms with Crippen LogP contribution >= 0.6 is 22.9 Å². The number of nitriles is 1. The fourth-order valence-corrected chi connectivity index (χ4v) is 5.92. The molecule has 4 rings (SSSR count). The molecular weight excluding hydrogens is 482 g/mol. The van der Waals surface area contributed by atoms with Crippen LogP contribution in [0.1, 0.15) is 78.2 Å². The molecule has 0 unspecified atom stereocenters. The van der Waals surface area contributed by atoms with E-state index in [-0.39, 0.29) is 29.8 Å². The van der Waals surface area contributed by atoms with Gasteiger partial charge in [-0.2, -0.15) is 5.26 Å². The molecular formula is C26H32ClN5O2S. The van der Waals surface area contributed by atoms with Crippen molar-refractivity contribution >= 4 is 40.4 Å². The molecule has 9 heteroatoms. The first-order valence-corrected chi connectivity index (χ1v) is 13.5. The standard InChI is InChI=1S/C26H32ClN5O2S/c1-15-21(12-19(27)14-29-15)30-16(2)23-7-8-24(35-23)26(34)32-22(11-17-5-3-4-6-17)25(33)31-20-9-18(10-20)13-28/h7-8,12,14,16-18,20,22,30H,3-6,9-11H2,1-2H3,(H,31,33)(H,32,34)/t16-,18?,20?,22-/m0/s1. The van der Waals surface area contributed by atoms with Gasteiger partial charge >= 0.3 is 0 Å². The van der Waals surface area contributed by atoms with Crippen LogP contribution in [0.15, 0.2) is 24.4 Å². The Kier molecular flexibility index (Phi) is 8.30. The second-order valence-corrected chi connectivity index (χ2v) is 11.3. The minimum absolute atomic E-state index is 0.0230. The number of rotatable bonds is 9. The maximum atomic E-state index is 13.1. The number of carbonyl (C=O) groups excluding carboxylic acids is 2. The molecule has 35 heavy (non-hydrogen) atoms. The van der Waals surface area contributed by atoms with Crippen LogP contribution in [-0.4, -0.2) is 28.9 Å². The molecule has 0 spiro atoms. The van der Waals surface area contributed by atoms with Crippen molar-refractivity contribution < 1.29 is 9.59 Å². The fourth-order valence-electron chi connectivity index (χ4n) is 4.85. The van der Waals surface area contributed by atoms with E-state index in [2.05, 4.69) is 27.0 Å². The highest BCUT2D eigenvalue weighted by Gasteiger charge is 2.34. The van der Waals surface area contributed by atoms with Crippen molar-refractivity contribution in [2.24, 2.45) is 11.8 Å². The van der Waals surface area contributed by atoms with Gasteiger partial charge in [0.1, 0.15) is 6.04 Å². The van der Waals surface area contributed by atoms with Gasteiger partial charge < -0.3 is 16.0 Å². The molecule has 2 amide bonds. The van der Waals surface area contributed by atoms with Gasteiger partial charge in [0.15, 0.2) is 0 Å². The molecule has 3 N–H and O–H groups in total. The number of hydrogen-bond donors (Lipinski definition) is 3. The summed E-state index contributed by atoms with van der Waals surface area (Å²) in [5.74, 6) is 0.116. The number of amides is 2. The van der Waals surface area contributed by atoms with E-state index in [1.165, 1.54) is 24.2 Å². The number of hydrogen-bond acceptors (Lipinski definition) is 6. The molecule has 2 heterocycles. The van der Waals surface area contributed by atoms with E-state index in [0.717, 1.165) is 29.1 Å². The lowest BCUT2D eigenvalue weighted by Gasteiger charge is -2.33. The van der Waals surface area contributed by atoms with Crippen LogP contribution < -0.4 is 16.0 Å². The van der Waals surface area contributed by atoms with Gasteiger partial charge in [0.05, 0.1) is 39.3 Å². The Morgan fingerprint density at radius 1 is 1.29 bits per heavy atom. The summed E-state index contributed by atoms with van der Waals surface area (Å²) in [4.78, 5) is 32.0. The number of pyridine rings is 1. The summed E-state index contributed by atoms with van der Waals surface area (Å²) < 4.78 is 0. The third-order valence-electron chi connectivity index (χ3n) is 7.04. The third kappa shape index (κ3) is 6.53. The lowest BCUT2D eigenvalue weighted by molar-refractivity contribution is -0.124. The number of anilines is 1. The number of nitrogens with zero attached hydrogens (tertiary/aromatic N) is 2. The van der Waals surface area contributed by atoms with E-state index < -0.39 is 6.04 Å². The molecule has 2 aliphatic carbocycles. The number of carbonyl (C=O) groups is 2. The molecule has 2 fully saturated rings. The summed E-state index contributed by atoms with van der Waals surface area (Å²) >= 11 is 7.50. The van der Waals surface area contributed by atoms with E-state index in [1.807, 2.05) is 32.0 Å². The maximum Gasteiger partial charge on any atom is 0.262 e. The molecule has 0 aliphatic heterocycles. The zero-order valence-corrected chi connectivity index (χ0v) is 21.7. The van der Waals surface area contributed by atoms with E-state index in [1.54, 1.807) is 6.20 Å². The molecule has 2 aromatic rings. The van der Waals surface area contributed by atoms with Gasteiger partial charge in [-0.25, -0.2) is 0 Å². The van der Waals surface area contributed by atoms with Crippen molar-refractivity contribution in [2.75, 3.05) is 5.32 Å². The molecule has 2 aromatic heterocycles. The number of nitrogens with one attached hydrogen (secondary N) is 3. The largest absolute Gasteiger partial charge is 0.376 e. The molecule has 7 nitrogen and oxygen atoms in total. The lowest BCUT2D eigenvalue weighted by atomic mass is 9.81. The summed E-state index contributed by atoms with van der Waals surface area (Å²) in [6.07, 6.45) is 8.21. The predicted molar refractivity (Wildman–Crippen MR) is 138 cm³/mol. The number of aromatic nitrogens is 1. The molecule has 0 saturated heterocycles. The Morgan fingerprint density at radius 3 is 2.74 bits per heavy atom. The van der Waals surface area contributed by atoms with Crippen LogP contribution in [0.2, 0.25) is 5.02 Å². The first-order valence-electron chi connectivity index (χ1n) is 12.3. The molecule has 2 saturated carbocycles. The number of thiophene rings is 1. The summed E-state index contributed by atoms with van der Waals surface area (Å²) in [5.41, 5.74) is 1.71. The van der Waals surface area contributed by atoms with Gasteiger partial charge in [0.25, 0.3) is 5.91 Å². The summed E-state index contributed by atoms with van der Waals surface area (Å²) in [6.45, 7) is 3.94. The highest BCUT2D eigenvalue weighted by molar-refractivity contribution is 7.14. The maximum absolute atomic E-state index is 13.1. The third-order valence-corrected chi connectivity index (χ3v) is 8.51. The average molecular weight is 514 g/mol. The van der Waals surface area contributed by atoms with E-state index >= 15 is 0 Å². The van der Waals surface area contributed by atoms with Crippen molar-refractivity contribution in [3.63, 3.8) is 0 Å². The van der Waals surface area contributed by atoms with Gasteiger partial charge in [-0.1, -0.05) is 37.3 Å². The van der Waals surface area contributed by atoms with Gasteiger partial charge in [-0.3, -0.25) is 14.6 Å². The van der Waals surface area contributed by atoms with Crippen LogP contribution in [0, 0.1) is 30.1 Å². The first kappa shape index (κ1) is 25.5. The Morgan fingerprint density at radius 2 is 2.03 bits per heavy atom. The van der Waals surface area contributed by atoms with Gasteiger partial charge in [0, 0.05) is 17.1 Å². The summed E-state index contributed by atoms with van der Waals surface area (Å²) in [5, 5.41) is 19.0. The van der Waals surface area contributed by atoms with Gasteiger partial charge in [-0.15, -0.1) is 11.3 Å². The van der Waals surface area contributed by atoms with Crippen LogP contribution in [0.4, 0.5) is 5.69 Å². The van der Waals surface area contributed by atoms with Gasteiger partial charge in [0.2, 0.25) is 5.91 Å². The highest BCUT2D eigenvalue weighted by Crippen LogP contribution is 2.31. The number of aryl methyl sites for hydroxylation is 1. The van der Waals surface area contributed by atoms with E-state index in [0.29, 0.717) is 35.1 Å². The highest BCUT2D eigenvalue weighted by atomic mass is 35.5. The fraction of sp³-hybridized carbons (Fsp3) is 0.538. The molecule has 0 radical (unpaired) electrons. The van der Waals surface area contributed by atoms with Gasteiger partial charge in [-0.05, 0) is 57.2 Å². The zero-order chi connectivity index (χ0) is 24.9. The van der Waals surface area contributed by atoms with E-state index in [4.69, 9.17) is 16.9 Å². The molecule has 0 bridgehead atoms. The van der Waals surface area contributed by atoms with Crippen molar-refractivity contribution in [3.8, 4) is 6.07 Å². The predicted octanol–water partition coefficient (Wildman–Crippen LogP) is 5.38. The molecule has 0 aromatic carbocycles. The average Bonchev–Trinajstić information content (AvgIpc) is 3.50. The lowest BCUT2D eigenvalue weighted by Crippen LogP contribution is -2.53. The van der Waals surface area contributed by atoms with E-state index in [9.17, 15) is 9.59 Å². The molecule has 2 atom stereocenters. The zero-order valence-electron chi connectivity index (χ0n) is 20.1. The molecule has 2 aliphatic rings. The van der Waals surface area contributed by atoms with Crippen LogP contribution in [0.3, 0.4) is 0 Å². The molecule has 186 valence electrons. The van der Waals surface area contributed by atoms with Crippen molar-refractivity contribution in [3.05, 3.63) is 44.9 Å². The second kappa shape index (κ2) is 11.4. The Balaban J connectivity index is 1.39. The van der Waals surface area contributed by atoms with Crippen molar-refractivity contribution in [1.29, 1.82) is 5.26 Å².